The first kappa shape index (κ1) is 18.8. The van der Waals surface area contributed by atoms with E-state index in [1.807, 2.05) is 10.6 Å². The van der Waals surface area contributed by atoms with Crippen molar-refractivity contribution >= 4 is 35.5 Å². The van der Waals surface area contributed by atoms with Crippen molar-refractivity contribution in [1.29, 1.82) is 0 Å². The number of anilines is 1. The molecule has 0 bridgehead atoms. The lowest BCUT2D eigenvalue weighted by molar-refractivity contribution is -0.124. The molecule has 1 aliphatic rings. The lowest BCUT2D eigenvalue weighted by Gasteiger charge is -2.14. The highest BCUT2D eigenvalue weighted by molar-refractivity contribution is 6.31. The van der Waals surface area contributed by atoms with Gasteiger partial charge in [0.05, 0.1) is 0 Å². The van der Waals surface area contributed by atoms with Crippen LogP contribution in [0.3, 0.4) is 0 Å². The first-order chi connectivity index (χ1) is 13.4. The second-order valence-corrected chi connectivity index (χ2v) is 5.71. The molecule has 0 spiro atoms. The van der Waals surface area contributed by atoms with Crippen molar-refractivity contribution in [3.63, 3.8) is 0 Å². The maximum absolute atomic E-state index is 13.1. The van der Waals surface area contributed by atoms with E-state index < -0.39 is 29.6 Å². The van der Waals surface area contributed by atoms with Gasteiger partial charge in [0.15, 0.2) is 6.61 Å². The zero-order chi connectivity index (χ0) is 20.1. The van der Waals surface area contributed by atoms with Gasteiger partial charge in [-0.2, -0.15) is 0 Å². The summed E-state index contributed by atoms with van der Waals surface area (Å²) in [6.07, 6.45) is 1.32. The number of carbonyl (C=O) groups excluding carboxylic acids is 4. The summed E-state index contributed by atoms with van der Waals surface area (Å²) in [5, 5.41) is 6.46. The van der Waals surface area contributed by atoms with Crippen LogP contribution in [0.25, 0.3) is 6.08 Å². The summed E-state index contributed by atoms with van der Waals surface area (Å²) in [6.45, 7) is -0.288. The minimum atomic E-state index is -0.868. The van der Waals surface area contributed by atoms with Crippen LogP contribution in [-0.4, -0.2) is 30.4 Å². The molecule has 0 atom stereocenters. The van der Waals surface area contributed by atoms with Crippen molar-refractivity contribution in [1.82, 2.24) is 10.6 Å². The number of urea groups is 1. The standard InChI is InChI=1S/C19H14FN3O5/c20-12-2-1-3-13(9-12)21-16(24)10-28-14-6-4-11(5-7-14)8-15-17(25)22-19(27)23-18(15)26/h1-9H,10H2,(H,21,24)(H2,22,23,25,26,27). The van der Waals surface area contributed by atoms with Crippen LogP contribution < -0.4 is 20.7 Å². The van der Waals surface area contributed by atoms with E-state index in [4.69, 9.17) is 4.74 Å². The van der Waals surface area contributed by atoms with Gasteiger partial charge in [-0.25, -0.2) is 9.18 Å². The molecule has 3 N–H and O–H groups in total. The largest absolute Gasteiger partial charge is 0.484 e. The van der Waals surface area contributed by atoms with Crippen LogP contribution in [0.5, 0.6) is 5.75 Å². The average molecular weight is 383 g/mol. The van der Waals surface area contributed by atoms with Crippen LogP contribution in [-0.2, 0) is 14.4 Å². The molecule has 0 unspecified atom stereocenters. The number of amides is 5. The van der Waals surface area contributed by atoms with E-state index in [2.05, 4.69) is 5.32 Å². The molecule has 2 aromatic rings. The van der Waals surface area contributed by atoms with E-state index in [-0.39, 0.29) is 12.2 Å². The van der Waals surface area contributed by atoms with Crippen LogP contribution in [0.15, 0.2) is 54.1 Å². The highest BCUT2D eigenvalue weighted by atomic mass is 19.1. The highest BCUT2D eigenvalue weighted by Gasteiger charge is 2.27. The van der Waals surface area contributed by atoms with Crippen LogP contribution in [0.4, 0.5) is 14.9 Å². The van der Waals surface area contributed by atoms with E-state index in [0.717, 1.165) is 0 Å². The molecule has 9 heteroatoms. The number of ether oxygens (including phenoxy) is 1. The first-order valence-electron chi connectivity index (χ1n) is 8.07. The lowest BCUT2D eigenvalue weighted by Crippen LogP contribution is -2.51. The molecule has 0 radical (unpaired) electrons. The maximum atomic E-state index is 13.1. The van der Waals surface area contributed by atoms with Crippen molar-refractivity contribution in [3.05, 3.63) is 65.5 Å². The molecule has 1 saturated heterocycles. The molecular weight excluding hydrogens is 369 g/mol. The Morgan fingerprint density at radius 3 is 2.36 bits per heavy atom. The molecular formula is C19H14FN3O5. The predicted octanol–water partition coefficient (Wildman–Crippen LogP) is 1.59. The van der Waals surface area contributed by atoms with Gasteiger partial charge in [-0.05, 0) is 42.0 Å². The molecule has 142 valence electrons. The fourth-order valence-corrected chi connectivity index (χ4v) is 2.35. The summed E-state index contributed by atoms with van der Waals surface area (Å²) in [6, 6.07) is 10.8. The summed E-state index contributed by atoms with van der Waals surface area (Å²) in [4.78, 5) is 46.2. The fraction of sp³-hybridized carbons (Fsp3) is 0.0526. The van der Waals surface area contributed by atoms with Crippen LogP contribution in [0.1, 0.15) is 5.56 Å². The normalized spacial score (nSPS) is 13.5. The summed E-state index contributed by atoms with van der Waals surface area (Å²) in [5.74, 6) is -2.12. The van der Waals surface area contributed by atoms with Gasteiger partial charge in [0.1, 0.15) is 17.1 Å². The Hall–Kier alpha value is -4.01. The lowest BCUT2D eigenvalue weighted by atomic mass is 10.1. The smallest absolute Gasteiger partial charge is 0.328 e. The van der Waals surface area contributed by atoms with Crippen molar-refractivity contribution in [2.45, 2.75) is 0 Å². The monoisotopic (exact) mass is 383 g/mol. The quantitative estimate of drug-likeness (QED) is 0.536. The van der Waals surface area contributed by atoms with Crippen LogP contribution >= 0.6 is 0 Å². The minimum Gasteiger partial charge on any atom is -0.484 e. The molecule has 1 aliphatic heterocycles. The molecule has 0 aromatic heterocycles. The Bertz CT molecular complexity index is 963. The van der Waals surface area contributed by atoms with Gasteiger partial charge in [-0.1, -0.05) is 18.2 Å². The van der Waals surface area contributed by atoms with Crippen molar-refractivity contribution in [2.75, 3.05) is 11.9 Å². The van der Waals surface area contributed by atoms with Crippen molar-refractivity contribution in [2.24, 2.45) is 0 Å². The predicted molar refractivity (Wildman–Crippen MR) is 96.6 cm³/mol. The molecule has 1 heterocycles. The molecule has 28 heavy (non-hydrogen) atoms. The molecule has 1 fully saturated rings. The van der Waals surface area contributed by atoms with Gasteiger partial charge in [-0.15, -0.1) is 0 Å². The van der Waals surface area contributed by atoms with E-state index in [1.54, 1.807) is 30.3 Å². The molecule has 0 saturated carbocycles. The van der Waals surface area contributed by atoms with E-state index in [0.29, 0.717) is 17.0 Å². The SMILES string of the molecule is O=C(COc1ccc(C=C2C(=O)NC(=O)NC2=O)cc1)Nc1cccc(F)c1. The average Bonchev–Trinajstić information content (AvgIpc) is 2.64. The van der Waals surface area contributed by atoms with Crippen molar-refractivity contribution < 1.29 is 28.3 Å². The van der Waals surface area contributed by atoms with Crippen LogP contribution in [0, 0.1) is 5.82 Å². The van der Waals surface area contributed by atoms with Gasteiger partial charge in [-0.3, -0.25) is 25.0 Å². The number of barbiturate groups is 1. The highest BCUT2D eigenvalue weighted by Crippen LogP contribution is 2.16. The van der Waals surface area contributed by atoms with E-state index in [1.165, 1.54) is 24.3 Å². The van der Waals surface area contributed by atoms with Gasteiger partial charge in [0, 0.05) is 5.69 Å². The van der Waals surface area contributed by atoms with Crippen LogP contribution in [0.2, 0.25) is 0 Å². The van der Waals surface area contributed by atoms with Gasteiger partial charge in [0.2, 0.25) is 0 Å². The zero-order valence-electron chi connectivity index (χ0n) is 14.3. The van der Waals surface area contributed by atoms with E-state index in [9.17, 15) is 23.6 Å². The Labute approximate surface area is 158 Å². The summed E-state index contributed by atoms with van der Waals surface area (Å²) in [7, 11) is 0. The summed E-state index contributed by atoms with van der Waals surface area (Å²) >= 11 is 0. The third kappa shape index (κ3) is 4.79. The second-order valence-electron chi connectivity index (χ2n) is 5.71. The number of hydrogen-bond acceptors (Lipinski definition) is 5. The second kappa shape index (κ2) is 8.12. The number of nitrogens with one attached hydrogen (secondary N) is 3. The number of imide groups is 2. The third-order valence-corrected chi connectivity index (χ3v) is 3.61. The zero-order valence-corrected chi connectivity index (χ0v) is 14.3. The maximum Gasteiger partial charge on any atom is 0.328 e. The Morgan fingerprint density at radius 2 is 1.71 bits per heavy atom. The Morgan fingerprint density at radius 1 is 1.04 bits per heavy atom. The summed E-state index contributed by atoms with van der Waals surface area (Å²) in [5.41, 5.74) is 0.632. The number of halogens is 1. The van der Waals surface area contributed by atoms with Gasteiger partial charge in [0.25, 0.3) is 17.7 Å². The number of rotatable bonds is 5. The molecule has 5 amide bonds. The number of hydrogen-bond donors (Lipinski definition) is 3. The number of carbonyl (C=O) groups is 4. The fourth-order valence-electron chi connectivity index (χ4n) is 2.35. The third-order valence-electron chi connectivity index (χ3n) is 3.61. The molecule has 0 aliphatic carbocycles. The van der Waals surface area contributed by atoms with E-state index >= 15 is 0 Å². The number of benzene rings is 2. The van der Waals surface area contributed by atoms with Crippen molar-refractivity contribution in [3.8, 4) is 5.75 Å². The summed E-state index contributed by atoms with van der Waals surface area (Å²) < 4.78 is 18.4. The van der Waals surface area contributed by atoms with Gasteiger partial charge >= 0.3 is 6.03 Å². The Kier molecular flexibility index (Phi) is 5.45. The first-order valence-corrected chi connectivity index (χ1v) is 8.07. The Balaban J connectivity index is 1.58. The molecule has 3 rings (SSSR count). The van der Waals surface area contributed by atoms with Gasteiger partial charge < -0.3 is 10.1 Å². The minimum absolute atomic E-state index is 0.206. The molecule has 2 aromatic carbocycles. The molecule has 8 nitrogen and oxygen atoms in total. The topological polar surface area (TPSA) is 114 Å².